The number of hydrogen-bond donors (Lipinski definition) is 0. The van der Waals surface area contributed by atoms with Gasteiger partial charge >= 0.3 is 6.09 Å². The van der Waals surface area contributed by atoms with Crippen LogP contribution in [-0.4, -0.2) is 74.6 Å². The normalized spacial score (nSPS) is 20.0. The minimum Gasteiger partial charge on any atom is -0.447 e. The van der Waals surface area contributed by atoms with E-state index in [0.717, 1.165) is 19.4 Å². The molecule has 1 aromatic heterocycles. The first kappa shape index (κ1) is 21.0. The van der Waals surface area contributed by atoms with Gasteiger partial charge in [0.2, 0.25) is 10.0 Å². The summed E-state index contributed by atoms with van der Waals surface area (Å²) in [6.45, 7) is 9.36. The number of rotatable bonds is 5. The molecule has 3 rings (SSSR count). The molecule has 2 fully saturated rings. The lowest BCUT2D eigenvalue weighted by molar-refractivity contribution is 0.128. The standard InChI is InChI=1S/C19H30N4O4S/c1-19(2,3)14-21(4)15-7-9-22(10-8-15)28(25,26)16-5-6-17(20-13-16)23-11-12-27-18(23)24/h5-6,13,15H,7-12,14H2,1-4H3. The summed E-state index contributed by atoms with van der Waals surface area (Å²) < 4.78 is 32.3. The van der Waals surface area contributed by atoms with Gasteiger partial charge in [-0.05, 0) is 37.4 Å². The third kappa shape index (κ3) is 4.64. The van der Waals surface area contributed by atoms with Gasteiger partial charge in [0, 0.05) is 31.9 Å². The quantitative estimate of drug-likeness (QED) is 0.740. The van der Waals surface area contributed by atoms with Crippen LogP contribution in [0.25, 0.3) is 0 Å². The molecule has 2 aliphatic heterocycles. The molecule has 0 spiro atoms. The lowest BCUT2D eigenvalue weighted by Gasteiger charge is -2.38. The van der Waals surface area contributed by atoms with Crippen LogP contribution in [0, 0.1) is 5.41 Å². The number of pyridine rings is 1. The van der Waals surface area contributed by atoms with Gasteiger partial charge < -0.3 is 9.64 Å². The van der Waals surface area contributed by atoms with Crippen LogP contribution < -0.4 is 4.90 Å². The van der Waals surface area contributed by atoms with E-state index in [-0.39, 0.29) is 10.3 Å². The number of ether oxygens (including phenoxy) is 1. The van der Waals surface area contributed by atoms with E-state index >= 15 is 0 Å². The minimum atomic E-state index is -3.58. The molecule has 1 aromatic rings. The van der Waals surface area contributed by atoms with Crippen LogP contribution in [0.15, 0.2) is 23.2 Å². The molecule has 8 nitrogen and oxygen atoms in total. The van der Waals surface area contributed by atoms with Gasteiger partial charge in [0.15, 0.2) is 0 Å². The minimum absolute atomic E-state index is 0.158. The van der Waals surface area contributed by atoms with Crippen molar-refractivity contribution in [3.63, 3.8) is 0 Å². The topological polar surface area (TPSA) is 83.0 Å². The van der Waals surface area contributed by atoms with Gasteiger partial charge in [-0.2, -0.15) is 4.31 Å². The van der Waals surface area contributed by atoms with Gasteiger partial charge in [-0.25, -0.2) is 18.2 Å². The average molecular weight is 411 g/mol. The zero-order valence-corrected chi connectivity index (χ0v) is 17.9. The largest absolute Gasteiger partial charge is 0.447 e. The lowest BCUT2D eigenvalue weighted by Crippen LogP contribution is -2.47. The summed E-state index contributed by atoms with van der Waals surface area (Å²) >= 11 is 0. The van der Waals surface area contributed by atoms with Crippen LogP contribution in [0.1, 0.15) is 33.6 Å². The summed E-state index contributed by atoms with van der Waals surface area (Å²) in [5, 5.41) is 0. The highest BCUT2D eigenvalue weighted by atomic mass is 32.2. The summed E-state index contributed by atoms with van der Waals surface area (Å²) in [5.74, 6) is 0.406. The van der Waals surface area contributed by atoms with E-state index < -0.39 is 16.1 Å². The van der Waals surface area contributed by atoms with Crippen LogP contribution >= 0.6 is 0 Å². The number of hydrogen-bond acceptors (Lipinski definition) is 6. The first-order valence-corrected chi connectivity index (χ1v) is 11.1. The number of sulfonamides is 1. The van der Waals surface area contributed by atoms with E-state index in [1.807, 2.05) is 0 Å². The second-order valence-electron chi connectivity index (χ2n) is 8.73. The summed E-state index contributed by atoms with van der Waals surface area (Å²) in [6, 6.07) is 3.47. The van der Waals surface area contributed by atoms with Gasteiger partial charge in [-0.1, -0.05) is 20.8 Å². The predicted octanol–water partition coefficient (Wildman–Crippen LogP) is 2.17. The van der Waals surface area contributed by atoms with E-state index in [1.54, 1.807) is 6.07 Å². The number of nitrogens with zero attached hydrogens (tertiary/aromatic N) is 4. The van der Waals surface area contributed by atoms with Crippen molar-refractivity contribution in [1.82, 2.24) is 14.2 Å². The maximum absolute atomic E-state index is 13.0. The Hall–Kier alpha value is -1.71. The Bertz CT molecular complexity index is 796. The molecule has 0 radical (unpaired) electrons. The maximum Gasteiger partial charge on any atom is 0.415 e. The molecule has 2 aliphatic rings. The highest BCUT2D eigenvalue weighted by Gasteiger charge is 2.32. The van der Waals surface area contributed by atoms with Crippen molar-refractivity contribution >= 4 is 21.9 Å². The van der Waals surface area contributed by atoms with Crippen LogP contribution in [0.5, 0.6) is 0 Å². The Balaban J connectivity index is 1.63. The summed E-state index contributed by atoms with van der Waals surface area (Å²) in [7, 11) is -1.47. The average Bonchev–Trinajstić information content (AvgIpc) is 3.06. The van der Waals surface area contributed by atoms with Crippen molar-refractivity contribution in [2.75, 3.05) is 44.7 Å². The monoisotopic (exact) mass is 410 g/mol. The Morgan fingerprint density at radius 3 is 2.39 bits per heavy atom. The second-order valence-corrected chi connectivity index (χ2v) is 10.7. The van der Waals surface area contributed by atoms with E-state index in [9.17, 15) is 13.2 Å². The van der Waals surface area contributed by atoms with Crippen molar-refractivity contribution in [1.29, 1.82) is 0 Å². The maximum atomic E-state index is 13.0. The Kier molecular flexibility index (Phi) is 5.97. The Labute approximate surface area is 167 Å². The summed E-state index contributed by atoms with van der Waals surface area (Å²) in [5.41, 5.74) is 0.215. The zero-order valence-electron chi connectivity index (χ0n) is 17.1. The third-order valence-corrected chi connectivity index (χ3v) is 7.05. The van der Waals surface area contributed by atoms with Gasteiger partial charge in [0.1, 0.15) is 17.3 Å². The molecular weight excluding hydrogens is 380 g/mol. The molecule has 28 heavy (non-hydrogen) atoms. The van der Waals surface area contributed by atoms with Crippen molar-refractivity contribution in [2.24, 2.45) is 5.41 Å². The zero-order chi connectivity index (χ0) is 20.5. The van der Waals surface area contributed by atoms with Gasteiger partial charge in [0.25, 0.3) is 0 Å². The fraction of sp³-hybridized carbons (Fsp3) is 0.684. The molecule has 0 saturated carbocycles. The van der Waals surface area contributed by atoms with Gasteiger partial charge in [-0.15, -0.1) is 0 Å². The van der Waals surface area contributed by atoms with Crippen LogP contribution in [0.4, 0.5) is 10.6 Å². The predicted molar refractivity (Wildman–Crippen MR) is 107 cm³/mol. The van der Waals surface area contributed by atoms with Crippen LogP contribution in [-0.2, 0) is 14.8 Å². The molecule has 0 atom stereocenters. The molecule has 9 heteroatoms. The highest BCUT2D eigenvalue weighted by Crippen LogP contribution is 2.26. The van der Waals surface area contributed by atoms with E-state index in [1.165, 1.54) is 21.5 Å². The smallest absolute Gasteiger partial charge is 0.415 e. The van der Waals surface area contributed by atoms with Crippen molar-refractivity contribution in [2.45, 2.75) is 44.6 Å². The summed E-state index contributed by atoms with van der Waals surface area (Å²) in [4.78, 5) is 19.7. The highest BCUT2D eigenvalue weighted by molar-refractivity contribution is 7.89. The Morgan fingerprint density at radius 1 is 1.21 bits per heavy atom. The SMILES string of the molecule is CN(CC(C)(C)C)C1CCN(S(=O)(=O)c2ccc(N3CCOC3=O)nc2)CC1. The second kappa shape index (κ2) is 7.96. The molecule has 0 aliphatic carbocycles. The van der Waals surface area contributed by atoms with Crippen molar-refractivity contribution in [3.8, 4) is 0 Å². The van der Waals surface area contributed by atoms with Gasteiger partial charge in [-0.3, -0.25) is 4.90 Å². The number of carbonyl (C=O) groups is 1. The molecule has 1 amide bonds. The first-order valence-electron chi connectivity index (χ1n) is 9.69. The van der Waals surface area contributed by atoms with Crippen LogP contribution in [0.3, 0.4) is 0 Å². The van der Waals surface area contributed by atoms with E-state index in [0.29, 0.717) is 38.1 Å². The fourth-order valence-corrected chi connectivity index (χ4v) is 5.25. The molecule has 2 saturated heterocycles. The van der Waals surface area contributed by atoms with E-state index in [2.05, 4.69) is 37.7 Å². The molecular formula is C19H30N4O4S. The number of anilines is 1. The van der Waals surface area contributed by atoms with Crippen LogP contribution in [0.2, 0.25) is 0 Å². The number of cyclic esters (lactones) is 1. The molecule has 0 aromatic carbocycles. The molecule has 0 bridgehead atoms. The molecule has 156 valence electrons. The molecule has 0 unspecified atom stereocenters. The lowest BCUT2D eigenvalue weighted by atomic mass is 9.94. The number of aromatic nitrogens is 1. The third-order valence-electron chi connectivity index (χ3n) is 5.17. The van der Waals surface area contributed by atoms with Gasteiger partial charge in [0.05, 0.1) is 6.54 Å². The number of carbonyl (C=O) groups excluding carboxylic acids is 1. The molecule has 0 N–H and O–H groups in total. The number of piperidine rings is 1. The van der Waals surface area contributed by atoms with Crippen molar-refractivity contribution in [3.05, 3.63) is 18.3 Å². The van der Waals surface area contributed by atoms with Crippen molar-refractivity contribution < 1.29 is 17.9 Å². The number of amides is 1. The van der Waals surface area contributed by atoms with E-state index in [4.69, 9.17) is 4.74 Å². The molecule has 3 heterocycles. The first-order chi connectivity index (χ1) is 13.1. The summed E-state index contributed by atoms with van der Waals surface area (Å²) in [6.07, 6.45) is 2.51. The fourth-order valence-electron chi connectivity index (χ4n) is 3.84. The Morgan fingerprint density at radius 2 is 1.89 bits per heavy atom.